The second-order valence-corrected chi connectivity index (χ2v) is 7.13. The normalized spacial score (nSPS) is 10.5. The lowest BCUT2D eigenvalue weighted by Gasteiger charge is -2.28. The molecule has 3 N–H and O–H groups in total. The maximum atomic E-state index is 12.0. The topological polar surface area (TPSA) is 81.7 Å². The number of urea groups is 1. The predicted octanol–water partition coefficient (Wildman–Crippen LogP) is 5.49. The van der Waals surface area contributed by atoms with E-state index < -0.39 is 5.97 Å². The highest BCUT2D eigenvalue weighted by Crippen LogP contribution is 2.29. The maximum Gasteiger partial charge on any atom is 0.335 e. The van der Waals surface area contributed by atoms with Gasteiger partial charge in [-0.25, -0.2) is 9.59 Å². The van der Waals surface area contributed by atoms with Crippen molar-refractivity contribution in [3.8, 4) is 0 Å². The molecule has 6 nitrogen and oxygen atoms in total. The third-order valence-corrected chi connectivity index (χ3v) is 4.73. The zero-order chi connectivity index (χ0) is 20.8. The van der Waals surface area contributed by atoms with E-state index in [1.807, 2.05) is 6.92 Å². The van der Waals surface area contributed by atoms with E-state index in [2.05, 4.69) is 29.4 Å². The second-order valence-electron chi connectivity index (χ2n) is 7.13. The lowest BCUT2D eigenvalue weighted by molar-refractivity contribution is 0.0697. The van der Waals surface area contributed by atoms with Gasteiger partial charge in [-0.05, 0) is 38.0 Å². The summed E-state index contributed by atoms with van der Waals surface area (Å²) in [5.41, 5.74) is 1.68. The molecule has 1 rings (SSSR count). The highest BCUT2D eigenvalue weighted by atomic mass is 16.4. The summed E-state index contributed by atoms with van der Waals surface area (Å²) in [6.45, 7) is 8.49. The van der Waals surface area contributed by atoms with Crippen molar-refractivity contribution in [2.45, 2.75) is 72.1 Å². The van der Waals surface area contributed by atoms with Gasteiger partial charge >= 0.3 is 12.0 Å². The standard InChI is InChI=1S/C22H37N3O3/c1-4-7-9-11-15-25(16-12-10-8-5-2)20-17-18(21(26)27)13-14-19(20)24-22(28)23-6-3/h13-14,17H,4-12,15-16H2,1-3H3,(H,26,27)(H2,23,24,28). The molecule has 0 bridgehead atoms. The van der Waals surface area contributed by atoms with E-state index in [1.54, 1.807) is 18.2 Å². The van der Waals surface area contributed by atoms with Crippen molar-refractivity contribution in [1.82, 2.24) is 5.32 Å². The molecule has 1 aromatic rings. The van der Waals surface area contributed by atoms with Crippen LogP contribution in [0.5, 0.6) is 0 Å². The highest BCUT2D eigenvalue weighted by Gasteiger charge is 2.16. The van der Waals surface area contributed by atoms with E-state index in [0.29, 0.717) is 12.2 Å². The summed E-state index contributed by atoms with van der Waals surface area (Å²) in [5, 5.41) is 15.0. The number of nitrogens with zero attached hydrogens (tertiary/aromatic N) is 1. The Bertz CT molecular complexity index is 593. The number of nitrogens with one attached hydrogen (secondary N) is 2. The largest absolute Gasteiger partial charge is 0.478 e. The smallest absolute Gasteiger partial charge is 0.335 e. The van der Waals surface area contributed by atoms with Crippen LogP contribution in [-0.4, -0.2) is 36.7 Å². The highest BCUT2D eigenvalue weighted by molar-refractivity contribution is 5.96. The van der Waals surface area contributed by atoms with Crippen LogP contribution in [0.2, 0.25) is 0 Å². The third-order valence-electron chi connectivity index (χ3n) is 4.73. The number of aromatic carboxylic acids is 1. The Morgan fingerprint density at radius 3 is 2.04 bits per heavy atom. The first-order valence-electron chi connectivity index (χ1n) is 10.7. The first-order valence-corrected chi connectivity index (χ1v) is 10.7. The van der Waals surface area contributed by atoms with Gasteiger partial charge in [-0.1, -0.05) is 52.4 Å². The maximum absolute atomic E-state index is 12.0. The van der Waals surface area contributed by atoms with Gasteiger partial charge in [-0.2, -0.15) is 0 Å². The van der Waals surface area contributed by atoms with Crippen molar-refractivity contribution in [2.24, 2.45) is 0 Å². The summed E-state index contributed by atoms with van der Waals surface area (Å²) >= 11 is 0. The Morgan fingerprint density at radius 2 is 1.54 bits per heavy atom. The van der Waals surface area contributed by atoms with Gasteiger partial charge < -0.3 is 20.6 Å². The first kappa shape index (κ1) is 23.8. The van der Waals surface area contributed by atoms with E-state index in [0.717, 1.165) is 44.5 Å². The number of amides is 2. The average Bonchev–Trinajstić information content (AvgIpc) is 2.67. The minimum Gasteiger partial charge on any atom is -0.478 e. The Hall–Kier alpha value is -2.24. The van der Waals surface area contributed by atoms with E-state index in [-0.39, 0.29) is 11.6 Å². The molecule has 0 radical (unpaired) electrons. The summed E-state index contributed by atoms with van der Waals surface area (Å²) in [6.07, 6.45) is 9.16. The van der Waals surface area contributed by atoms with Crippen LogP contribution >= 0.6 is 0 Å². The summed E-state index contributed by atoms with van der Waals surface area (Å²) in [4.78, 5) is 25.8. The molecule has 0 aliphatic heterocycles. The zero-order valence-corrected chi connectivity index (χ0v) is 17.7. The average molecular weight is 392 g/mol. The van der Waals surface area contributed by atoms with Crippen LogP contribution in [0.25, 0.3) is 0 Å². The molecule has 0 heterocycles. The summed E-state index contributed by atoms with van der Waals surface area (Å²) in [7, 11) is 0. The van der Waals surface area contributed by atoms with Crippen molar-refractivity contribution >= 4 is 23.4 Å². The fraction of sp³-hybridized carbons (Fsp3) is 0.636. The van der Waals surface area contributed by atoms with Gasteiger partial charge in [0.05, 0.1) is 16.9 Å². The molecular formula is C22H37N3O3. The van der Waals surface area contributed by atoms with Gasteiger partial charge in [0, 0.05) is 19.6 Å². The first-order chi connectivity index (χ1) is 13.5. The van der Waals surface area contributed by atoms with E-state index >= 15 is 0 Å². The van der Waals surface area contributed by atoms with E-state index in [9.17, 15) is 14.7 Å². The Kier molecular flexibility index (Phi) is 11.8. The number of hydrogen-bond acceptors (Lipinski definition) is 3. The number of rotatable bonds is 14. The third kappa shape index (κ3) is 8.63. The second kappa shape index (κ2) is 13.9. The summed E-state index contributed by atoms with van der Waals surface area (Å²) in [5.74, 6) is -0.956. The quantitative estimate of drug-likeness (QED) is 0.366. The Balaban J connectivity index is 3.06. The number of hydrogen-bond donors (Lipinski definition) is 3. The molecular weight excluding hydrogens is 354 g/mol. The van der Waals surface area contributed by atoms with Crippen LogP contribution in [-0.2, 0) is 0 Å². The van der Waals surface area contributed by atoms with E-state index in [4.69, 9.17) is 0 Å². The lowest BCUT2D eigenvalue weighted by atomic mass is 10.1. The van der Waals surface area contributed by atoms with Gasteiger partial charge in [0.2, 0.25) is 0 Å². The number of carboxylic acids is 1. The van der Waals surface area contributed by atoms with Crippen LogP contribution in [0.1, 0.15) is 82.5 Å². The number of anilines is 2. The fourth-order valence-electron chi connectivity index (χ4n) is 3.17. The molecule has 6 heteroatoms. The van der Waals surface area contributed by atoms with Crippen molar-refractivity contribution in [3.63, 3.8) is 0 Å². The minimum absolute atomic E-state index is 0.239. The fourth-order valence-corrected chi connectivity index (χ4v) is 3.17. The molecule has 0 fully saturated rings. The number of carbonyl (C=O) groups is 2. The van der Waals surface area contributed by atoms with Gasteiger partial charge in [-0.3, -0.25) is 0 Å². The van der Waals surface area contributed by atoms with Crippen LogP contribution in [0, 0.1) is 0 Å². The molecule has 0 saturated heterocycles. The molecule has 0 saturated carbocycles. The van der Waals surface area contributed by atoms with Crippen molar-refractivity contribution < 1.29 is 14.7 Å². The summed E-state index contributed by atoms with van der Waals surface area (Å²) in [6, 6.07) is 4.64. The molecule has 0 spiro atoms. The molecule has 2 amide bonds. The van der Waals surface area contributed by atoms with Gasteiger partial charge in [0.25, 0.3) is 0 Å². The number of unbranched alkanes of at least 4 members (excludes halogenated alkanes) is 6. The number of benzene rings is 1. The summed E-state index contributed by atoms with van der Waals surface area (Å²) < 4.78 is 0. The van der Waals surface area contributed by atoms with Crippen LogP contribution in [0.3, 0.4) is 0 Å². The van der Waals surface area contributed by atoms with E-state index in [1.165, 1.54) is 25.7 Å². The monoisotopic (exact) mass is 391 g/mol. The van der Waals surface area contributed by atoms with Crippen molar-refractivity contribution in [2.75, 3.05) is 29.9 Å². The van der Waals surface area contributed by atoms with Gasteiger partial charge in [0.1, 0.15) is 0 Å². The lowest BCUT2D eigenvalue weighted by Crippen LogP contribution is -2.31. The number of carboxylic acid groups (broad SMARTS) is 1. The molecule has 0 aliphatic rings. The molecule has 0 aliphatic carbocycles. The SMILES string of the molecule is CCCCCCN(CCCCCC)c1cc(C(=O)O)ccc1NC(=O)NCC. The minimum atomic E-state index is -0.956. The van der Waals surface area contributed by atoms with Gasteiger partial charge in [-0.15, -0.1) is 0 Å². The molecule has 0 aromatic heterocycles. The van der Waals surface area contributed by atoms with Crippen LogP contribution < -0.4 is 15.5 Å². The van der Waals surface area contributed by atoms with Crippen molar-refractivity contribution in [1.29, 1.82) is 0 Å². The molecule has 1 aromatic carbocycles. The molecule has 28 heavy (non-hydrogen) atoms. The van der Waals surface area contributed by atoms with Crippen LogP contribution in [0.4, 0.5) is 16.2 Å². The van der Waals surface area contributed by atoms with Crippen LogP contribution in [0.15, 0.2) is 18.2 Å². The van der Waals surface area contributed by atoms with Crippen molar-refractivity contribution in [3.05, 3.63) is 23.8 Å². The number of carbonyl (C=O) groups excluding carboxylic acids is 1. The molecule has 0 unspecified atom stereocenters. The molecule has 158 valence electrons. The molecule has 0 atom stereocenters. The van der Waals surface area contributed by atoms with Gasteiger partial charge in [0.15, 0.2) is 0 Å². The predicted molar refractivity (Wildman–Crippen MR) is 117 cm³/mol. The Labute approximate surface area is 169 Å². The zero-order valence-electron chi connectivity index (χ0n) is 17.7. The Morgan fingerprint density at radius 1 is 0.929 bits per heavy atom.